The van der Waals surface area contributed by atoms with Gasteiger partial charge in [0.05, 0.1) is 0 Å². The van der Waals surface area contributed by atoms with Gasteiger partial charge in [-0.2, -0.15) is 0 Å². The van der Waals surface area contributed by atoms with Crippen LogP contribution in [0.2, 0.25) is 0 Å². The van der Waals surface area contributed by atoms with Crippen molar-refractivity contribution in [2.45, 2.75) is 18.7 Å². The summed E-state index contributed by atoms with van der Waals surface area (Å²) >= 11 is 1.81. The van der Waals surface area contributed by atoms with Gasteiger partial charge in [-0.15, -0.1) is 11.8 Å². The van der Waals surface area contributed by atoms with E-state index >= 15 is 0 Å². The number of H-pyrrole nitrogens is 1. The van der Waals surface area contributed by atoms with Gasteiger partial charge in [-0.3, -0.25) is 0 Å². The van der Waals surface area contributed by atoms with Crippen LogP contribution in [0.25, 0.3) is 10.9 Å². The molecule has 0 spiro atoms. The van der Waals surface area contributed by atoms with Crippen LogP contribution in [0.3, 0.4) is 0 Å². The number of aryl methyl sites for hydroxylation is 2. The summed E-state index contributed by atoms with van der Waals surface area (Å²) in [6, 6.07) is 6.55. The molecule has 0 radical (unpaired) electrons. The zero-order valence-electron chi connectivity index (χ0n) is 8.14. The maximum atomic E-state index is 3.40. The minimum absolute atomic E-state index is 1.25. The second-order valence-electron chi connectivity index (χ2n) is 3.33. The second-order valence-corrected chi connectivity index (χ2v) is 4.15. The van der Waals surface area contributed by atoms with Crippen molar-refractivity contribution in [3.05, 3.63) is 29.5 Å². The Morgan fingerprint density at radius 1 is 1.23 bits per heavy atom. The zero-order valence-corrected chi connectivity index (χ0v) is 8.96. The fourth-order valence-electron chi connectivity index (χ4n) is 1.68. The molecule has 1 aromatic carbocycles. The molecular weight excluding hydrogens is 178 g/mol. The van der Waals surface area contributed by atoms with Gasteiger partial charge in [-0.25, -0.2) is 0 Å². The molecule has 0 aliphatic carbocycles. The summed E-state index contributed by atoms with van der Waals surface area (Å²) in [6.45, 7) is 4.25. The van der Waals surface area contributed by atoms with Gasteiger partial charge in [0.15, 0.2) is 0 Å². The number of hydrogen-bond donors (Lipinski definition) is 1. The number of benzene rings is 1. The van der Waals surface area contributed by atoms with E-state index in [2.05, 4.69) is 43.3 Å². The van der Waals surface area contributed by atoms with E-state index in [0.29, 0.717) is 0 Å². The Balaban J connectivity index is 2.79. The molecule has 2 aromatic rings. The molecule has 0 unspecified atom stereocenters. The first kappa shape index (κ1) is 8.70. The molecular formula is C11H13NS. The van der Waals surface area contributed by atoms with Crippen molar-refractivity contribution in [2.75, 3.05) is 6.26 Å². The SMILES string of the molecule is CSc1c(C)[nH]c2cc(C)ccc12. The first-order chi connectivity index (χ1) is 6.22. The summed E-state index contributed by atoms with van der Waals surface area (Å²) in [5.41, 5.74) is 3.83. The molecule has 0 fully saturated rings. The van der Waals surface area contributed by atoms with Crippen LogP contribution in [0.1, 0.15) is 11.3 Å². The third kappa shape index (κ3) is 1.35. The van der Waals surface area contributed by atoms with Crippen LogP contribution in [0.4, 0.5) is 0 Å². The molecule has 0 saturated carbocycles. The summed E-state index contributed by atoms with van der Waals surface area (Å²) in [5.74, 6) is 0. The Morgan fingerprint density at radius 2 is 2.00 bits per heavy atom. The molecule has 13 heavy (non-hydrogen) atoms. The number of rotatable bonds is 1. The smallest absolute Gasteiger partial charge is 0.0470 e. The Morgan fingerprint density at radius 3 is 2.69 bits per heavy atom. The monoisotopic (exact) mass is 191 g/mol. The van der Waals surface area contributed by atoms with Gasteiger partial charge in [0, 0.05) is 21.5 Å². The first-order valence-electron chi connectivity index (χ1n) is 4.35. The van der Waals surface area contributed by atoms with E-state index in [1.165, 1.54) is 27.1 Å². The predicted octanol–water partition coefficient (Wildman–Crippen LogP) is 3.51. The molecule has 1 nitrogen and oxygen atoms in total. The average Bonchev–Trinajstić information content (AvgIpc) is 2.39. The van der Waals surface area contributed by atoms with E-state index in [1.54, 1.807) is 11.8 Å². The van der Waals surface area contributed by atoms with E-state index < -0.39 is 0 Å². The highest BCUT2D eigenvalue weighted by Gasteiger charge is 2.06. The minimum atomic E-state index is 1.25. The topological polar surface area (TPSA) is 15.8 Å². The van der Waals surface area contributed by atoms with Gasteiger partial charge in [-0.05, 0) is 31.7 Å². The van der Waals surface area contributed by atoms with E-state index in [-0.39, 0.29) is 0 Å². The number of aromatic amines is 1. The number of aromatic nitrogens is 1. The molecule has 68 valence electrons. The molecule has 2 rings (SSSR count). The number of thioether (sulfide) groups is 1. The number of nitrogens with one attached hydrogen (secondary N) is 1. The fraction of sp³-hybridized carbons (Fsp3) is 0.273. The lowest BCUT2D eigenvalue weighted by molar-refractivity contribution is 1.23. The van der Waals surface area contributed by atoms with Crippen molar-refractivity contribution in [3.8, 4) is 0 Å². The summed E-state index contributed by atoms with van der Waals surface area (Å²) in [5, 5.41) is 1.34. The highest BCUT2D eigenvalue weighted by molar-refractivity contribution is 7.98. The van der Waals surface area contributed by atoms with Crippen LogP contribution in [0.5, 0.6) is 0 Å². The van der Waals surface area contributed by atoms with Gasteiger partial charge in [-0.1, -0.05) is 12.1 Å². The van der Waals surface area contributed by atoms with Crippen molar-refractivity contribution in [2.24, 2.45) is 0 Å². The summed E-state index contributed by atoms with van der Waals surface area (Å²) in [7, 11) is 0. The lowest BCUT2D eigenvalue weighted by atomic mass is 10.2. The largest absolute Gasteiger partial charge is 0.358 e. The van der Waals surface area contributed by atoms with E-state index in [9.17, 15) is 0 Å². The molecule has 0 saturated heterocycles. The Kier molecular flexibility index (Phi) is 2.08. The third-order valence-electron chi connectivity index (χ3n) is 2.29. The van der Waals surface area contributed by atoms with Crippen molar-refractivity contribution in [1.29, 1.82) is 0 Å². The van der Waals surface area contributed by atoms with Crippen LogP contribution in [-0.4, -0.2) is 11.2 Å². The van der Waals surface area contributed by atoms with Gasteiger partial charge in [0.25, 0.3) is 0 Å². The molecule has 1 aromatic heterocycles. The molecule has 2 heteroatoms. The van der Waals surface area contributed by atoms with Crippen LogP contribution < -0.4 is 0 Å². The van der Waals surface area contributed by atoms with Crippen molar-refractivity contribution in [3.63, 3.8) is 0 Å². The van der Waals surface area contributed by atoms with Gasteiger partial charge in [0.1, 0.15) is 0 Å². The lowest BCUT2D eigenvalue weighted by Gasteiger charge is -1.95. The van der Waals surface area contributed by atoms with E-state index in [4.69, 9.17) is 0 Å². The zero-order chi connectivity index (χ0) is 9.42. The molecule has 1 N–H and O–H groups in total. The van der Waals surface area contributed by atoms with Crippen molar-refractivity contribution < 1.29 is 0 Å². The molecule has 0 aliphatic rings. The molecule has 0 bridgehead atoms. The van der Waals surface area contributed by atoms with Crippen LogP contribution >= 0.6 is 11.8 Å². The highest BCUT2D eigenvalue weighted by atomic mass is 32.2. The standard InChI is InChI=1S/C11H13NS/c1-7-4-5-9-10(6-7)12-8(2)11(9)13-3/h4-6,12H,1-3H3. The lowest BCUT2D eigenvalue weighted by Crippen LogP contribution is -1.71. The van der Waals surface area contributed by atoms with Crippen molar-refractivity contribution in [1.82, 2.24) is 4.98 Å². The molecule has 1 heterocycles. The average molecular weight is 191 g/mol. The van der Waals surface area contributed by atoms with E-state index in [1.807, 2.05) is 0 Å². The molecule has 0 amide bonds. The Bertz CT molecular complexity index is 443. The second kappa shape index (κ2) is 3.11. The molecule has 0 atom stereocenters. The Hall–Kier alpha value is -0.890. The quantitative estimate of drug-likeness (QED) is 0.682. The van der Waals surface area contributed by atoms with Crippen molar-refractivity contribution >= 4 is 22.7 Å². The van der Waals surface area contributed by atoms with Gasteiger partial charge < -0.3 is 4.98 Å². The predicted molar refractivity (Wildman–Crippen MR) is 59.6 cm³/mol. The van der Waals surface area contributed by atoms with Gasteiger partial charge >= 0.3 is 0 Å². The van der Waals surface area contributed by atoms with E-state index in [0.717, 1.165) is 0 Å². The first-order valence-corrected chi connectivity index (χ1v) is 5.58. The maximum absolute atomic E-state index is 3.40. The summed E-state index contributed by atoms with van der Waals surface area (Å²) in [4.78, 5) is 4.77. The van der Waals surface area contributed by atoms with Crippen LogP contribution in [0.15, 0.2) is 23.1 Å². The fourth-order valence-corrected chi connectivity index (χ4v) is 2.44. The number of fused-ring (bicyclic) bond motifs is 1. The Labute approximate surface area is 82.5 Å². The third-order valence-corrected chi connectivity index (χ3v) is 3.22. The normalized spacial score (nSPS) is 11.0. The molecule has 0 aliphatic heterocycles. The summed E-state index contributed by atoms with van der Waals surface area (Å²) < 4.78 is 0. The minimum Gasteiger partial charge on any atom is -0.358 e. The van der Waals surface area contributed by atoms with Crippen LogP contribution in [-0.2, 0) is 0 Å². The number of hydrogen-bond acceptors (Lipinski definition) is 1. The highest BCUT2D eigenvalue weighted by Crippen LogP contribution is 2.29. The maximum Gasteiger partial charge on any atom is 0.0470 e. The van der Waals surface area contributed by atoms with Crippen LogP contribution in [0, 0.1) is 13.8 Å². The van der Waals surface area contributed by atoms with Gasteiger partial charge in [0.2, 0.25) is 0 Å². The summed E-state index contributed by atoms with van der Waals surface area (Å²) in [6.07, 6.45) is 2.12.